The standard InChI is InChI=1S/C17H13ClFN3O3/c1-10-2-7-14(13(18)8-10)20-15(23)9-22-17(24)25-16(21-22)11-3-5-12(19)6-4-11/h2-8H,9H2,1H3,(H,20,23). The fraction of sp³-hybridized carbons (Fsp3) is 0.118. The summed E-state index contributed by atoms with van der Waals surface area (Å²) in [5.41, 5.74) is 1.83. The van der Waals surface area contributed by atoms with E-state index < -0.39 is 17.5 Å². The van der Waals surface area contributed by atoms with Crippen LogP contribution in [0.1, 0.15) is 5.56 Å². The molecule has 6 nitrogen and oxygen atoms in total. The van der Waals surface area contributed by atoms with Gasteiger partial charge < -0.3 is 9.73 Å². The normalized spacial score (nSPS) is 10.7. The number of rotatable bonds is 4. The van der Waals surface area contributed by atoms with Crippen LogP contribution in [0.15, 0.2) is 51.7 Å². The second-order valence-corrected chi connectivity index (χ2v) is 5.78. The Kier molecular flexibility index (Phi) is 4.67. The monoisotopic (exact) mass is 361 g/mol. The van der Waals surface area contributed by atoms with Crippen LogP contribution in [0.4, 0.5) is 10.1 Å². The third-order valence-electron chi connectivity index (χ3n) is 3.39. The molecule has 3 rings (SSSR count). The number of carbonyl (C=O) groups excluding carboxylic acids is 1. The summed E-state index contributed by atoms with van der Waals surface area (Å²) in [6.07, 6.45) is 0. The molecule has 0 unspecified atom stereocenters. The van der Waals surface area contributed by atoms with Gasteiger partial charge in [-0.3, -0.25) is 4.79 Å². The van der Waals surface area contributed by atoms with Crippen LogP contribution in [0.5, 0.6) is 0 Å². The van der Waals surface area contributed by atoms with Crippen molar-refractivity contribution in [3.05, 3.63) is 69.4 Å². The van der Waals surface area contributed by atoms with Crippen molar-refractivity contribution in [1.29, 1.82) is 0 Å². The predicted octanol–water partition coefficient (Wildman–Crippen LogP) is 3.24. The van der Waals surface area contributed by atoms with E-state index in [9.17, 15) is 14.0 Å². The van der Waals surface area contributed by atoms with Crippen LogP contribution in [0.2, 0.25) is 5.02 Å². The third kappa shape index (κ3) is 3.95. The second kappa shape index (κ2) is 6.90. The zero-order valence-electron chi connectivity index (χ0n) is 13.1. The minimum Gasteiger partial charge on any atom is -0.388 e. The summed E-state index contributed by atoms with van der Waals surface area (Å²) in [7, 11) is 0. The number of anilines is 1. The highest BCUT2D eigenvalue weighted by Crippen LogP contribution is 2.22. The van der Waals surface area contributed by atoms with Crippen molar-refractivity contribution in [3.63, 3.8) is 0 Å². The highest BCUT2D eigenvalue weighted by Gasteiger charge is 2.14. The van der Waals surface area contributed by atoms with E-state index in [4.69, 9.17) is 16.0 Å². The molecule has 0 saturated heterocycles. The van der Waals surface area contributed by atoms with Crippen molar-refractivity contribution in [2.45, 2.75) is 13.5 Å². The van der Waals surface area contributed by atoms with E-state index in [1.165, 1.54) is 24.3 Å². The molecule has 1 N–H and O–H groups in total. The van der Waals surface area contributed by atoms with E-state index in [0.29, 0.717) is 16.3 Å². The van der Waals surface area contributed by atoms with Crippen LogP contribution in [0, 0.1) is 12.7 Å². The van der Waals surface area contributed by atoms with Crippen LogP contribution in [0.3, 0.4) is 0 Å². The lowest BCUT2D eigenvalue weighted by molar-refractivity contribution is -0.117. The van der Waals surface area contributed by atoms with Gasteiger partial charge in [-0.25, -0.2) is 9.18 Å². The summed E-state index contributed by atoms with van der Waals surface area (Å²) in [6.45, 7) is 1.54. The molecule has 0 aliphatic heterocycles. The molecule has 25 heavy (non-hydrogen) atoms. The Morgan fingerprint density at radius 1 is 1.28 bits per heavy atom. The molecule has 0 atom stereocenters. The lowest BCUT2D eigenvalue weighted by Gasteiger charge is -2.07. The topological polar surface area (TPSA) is 77.1 Å². The molecule has 0 radical (unpaired) electrons. The second-order valence-electron chi connectivity index (χ2n) is 5.37. The first kappa shape index (κ1) is 16.9. The zero-order valence-corrected chi connectivity index (χ0v) is 13.9. The first-order chi connectivity index (χ1) is 11.9. The lowest BCUT2D eigenvalue weighted by Crippen LogP contribution is -2.26. The number of nitrogens with one attached hydrogen (secondary N) is 1. The number of hydrogen-bond donors (Lipinski definition) is 1. The fourth-order valence-corrected chi connectivity index (χ4v) is 2.44. The van der Waals surface area contributed by atoms with E-state index in [2.05, 4.69) is 10.4 Å². The first-order valence-electron chi connectivity index (χ1n) is 7.32. The lowest BCUT2D eigenvalue weighted by atomic mass is 10.2. The van der Waals surface area contributed by atoms with E-state index >= 15 is 0 Å². The summed E-state index contributed by atoms with van der Waals surface area (Å²) in [5, 5.41) is 6.95. The Bertz CT molecular complexity index is 980. The van der Waals surface area contributed by atoms with Gasteiger partial charge in [0.25, 0.3) is 0 Å². The van der Waals surface area contributed by atoms with Crippen LogP contribution in [0.25, 0.3) is 11.5 Å². The van der Waals surface area contributed by atoms with Gasteiger partial charge in [0.1, 0.15) is 12.4 Å². The molecule has 0 aliphatic rings. The largest absolute Gasteiger partial charge is 0.437 e. The number of aromatic nitrogens is 2. The Hall–Kier alpha value is -2.93. The molecule has 0 spiro atoms. The SMILES string of the molecule is Cc1ccc(NC(=O)Cn2nc(-c3ccc(F)cc3)oc2=O)c(Cl)c1. The van der Waals surface area contributed by atoms with Crippen LogP contribution in [-0.4, -0.2) is 15.7 Å². The van der Waals surface area contributed by atoms with Gasteiger partial charge >= 0.3 is 5.76 Å². The molecule has 8 heteroatoms. The maximum absolute atomic E-state index is 12.9. The average Bonchev–Trinajstić information content (AvgIpc) is 2.91. The number of benzene rings is 2. The summed E-state index contributed by atoms with van der Waals surface area (Å²) in [5.74, 6) is -1.68. The number of carbonyl (C=O) groups is 1. The molecule has 3 aromatic rings. The fourth-order valence-electron chi connectivity index (χ4n) is 2.16. The number of halogens is 2. The maximum Gasteiger partial charge on any atom is 0.437 e. The first-order valence-corrected chi connectivity index (χ1v) is 7.70. The maximum atomic E-state index is 12.9. The van der Waals surface area contributed by atoms with Gasteiger partial charge in [-0.2, -0.15) is 4.68 Å². The minimum atomic E-state index is -0.788. The Balaban J connectivity index is 1.75. The summed E-state index contributed by atoms with van der Waals surface area (Å²) in [6, 6.07) is 10.5. The smallest absolute Gasteiger partial charge is 0.388 e. The van der Waals surface area contributed by atoms with Crippen LogP contribution >= 0.6 is 11.6 Å². The van der Waals surface area contributed by atoms with Crippen molar-refractivity contribution < 1.29 is 13.6 Å². The highest BCUT2D eigenvalue weighted by molar-refractivity contribution is 6.33. The van der Waals surface area contributed by atoms with Gasteiger partial charge in [0, 0.05) is 5.56 Å². The van der Waals surface area contributed by atoms with Crippen molar-refractivity contribution in [2.75, 3.05) is 5.32 Å². The molecule has 0 aliphatic carbocycles. The van der Waals surface area contributed by atoms with E-state index in [-0.39, 0.29) is 12.4 Å². The molecule has 128 valence electrons. The van der Waals surface area contributed by atoms with E-state index in [1.807, 2.05) is 6.92 Å². The molecule has 0 saturated carbocycles. The molecular formula is C17H13ClFN3O3. The number of amides is 1. The van der Waals surface area contributed by atoms with Crippen molar-refractivity contribution in [1.82, 2.24) is 9.78 Å². The van der Waals surface area contributed by atoms with E-state index in [1.54, 1.807) is 18.2 Å². The highest BCUT2D eigenvalue weighted by atomic mass is 35.5. The van der Waals surface area contributed by atoms with Gasteiger partial charge in [0.2, 0.25) is 11.8 Å². The molecule has 1 amide bonds. The zero-order chi connectivity index (χ0) is 18.0. The van der Waals surface area contributed by atoms with Gasteiger partial charge in [-0.15, -0.1) is 5.10 Å². The van der Waals surface area contributed by atoms with E-state index in [0.717, 1.165) is 10.2 Å². The quantitative estimate of drug-likeness (QED) is 0.773. The Labute approximate surface area is 146 Å². The molecule has 2 aromatic carbocycles. The van der Waals surface area contributed by atoms with Gasteiger partial charge in [-0.05, 0) is 48.9 Å². The number of hydrogen-bond acceptors (Lipinski definition) is 4. The third-order valence-corrected chi connectivity index (χ3v) is 3.70. The number of nitrogens with zero attached hydrogens (tertiary/aromatic N) is 2. The summed E-state index contributed by atoms with van der Waals surface area (Å²) in [4.78, 5) is 23.9. The van der Waals surface area contributed by atoms with Gasteiger partial charge in [0.05, 0.1) is 10.7 Å². The van der Waals surface area contributed by atoms with Crippen molar-refractivity contribution in [3.8, 4) is 11.5 Å². The number of aryl methyl sites for hydroxylation is 1. The Morgan fingerprint density at radius 2 is 2.00 bits per heavy atom. The van der Waals surface area contributed by atoms with Gasteiger partial charge in [0.15, 0.2) is 0 Å². The summed E-state index contributed by atoms with van der Waals surface area (Å²) >= 11 is 6.06. The Morgan fingerprint density at radius 3 is 2.68 bits per heavy atom. The molecule has 0 bridgehead atoms. The predicted molar refractivity (Wildman–Crippen MR) is 91.0 cm³/mol. The van der Waals surface area contributed by atoms with Gasteiger partial charge in [-0.1, -0.05) is 17.7 Å². The average molecular weight is 362 g/mol. The molecule has 1 heterocycles. The van der Waals surface area contributed by atoms with Crippen molar-refractivity contribution in [2.24, 2.45) is 0 Å². The molecule has 0 fully saturated rings. The molecule has 1 aromatic heterocycles. The minimum absolute atomic E-state index is 0.00571. The van der Waals surface area contributed by atoms with Crippen LogP contribution in [-0.2, 0) is 11.3 Å². The van der Waals surface area contributed by atoms with Crippen molar-refractivity contribution >= 4 is 23.2 Å². The molecular weight excluding hydrogens is 349 g/mol. The van der Waals surface area contributed by atoms with Crippen LogP contribution < -0.4 is 11.1 Å². The summed E-state index contributed by atoms with van der Waals surface area (Å²) < 4.78 is 18.8.